The molecule has 0 fully saturated rings. The Bertz CT molecular complexity index is 514. The van der Waals surface area contributed by atoms with E-state index in [4.69, 9.17) is 23.1 Å². The van der Waals surface area contributed by atoms with E-state index >= 15 is 0 Å². The van der Waals surface area contributed by atoms with Crippen LogP contribution in [0.2, 0.25) is 5.02 Å². The summed E-state index contributed by atoms with van der Waals surface area (Å²) in [5.41, 5.74) is 10.6. The maximum atomic E-state index is 12.0. The van der Waals surface area contributed by atoms with E-state index < -0.39 is 24.5 Å². The quantitative estimate of drug-likeness (QED) is 0.731. The fourth-order valence-corrected chi connectivity index (χ4v) is 1.54. The second-order valence-corrected chi connectivity index (χ2v) is 4.20. The van der Waals surface area contributed by atoms with E-state index in [0.717, 1.165) is 0 Å². The van der Waals surface area contributed by atoms with E-state index in [1.165, 1.54) is 18.2 Å². The van der Waals surface area contributed by atoms with Gasteiger partial charge in [0.15, 0.2) is 0 Å². The third-order valence-corrected chi connectivity index (χ3v) is 2.47. The van der Waals surface area contributed by atoms with Gasteiger partial charge in [-0.3, -0.25) is 9.59 Å². The number of nitrogens with two attached hydrogens (primary N) is 2. The van der Waals surface area contributed by atoms with Gasteiger partial charge in [0, 0.05) is 5.69 Å². The Morgan fingerprint density at radius 1 is 1.40 bits per heavy atom. The van der Waals surface area contributed by atoms with Crippen molar-refractivity contribution in [3.63, 3.8) is 0 Å². The van der Waals surface area contributed by atoms with Gasteiger partial charge in [-0.05, 0) is 18.2 Å². The monoisotopic (exact) mass is 307 g/mol. The number of carbonyl (C=O) groups excluding carboxylic acids is 2. The summed E-state index contributed by atoms with van der Waals surface area (Å²) in [6.45, 7) is -3.00. The number of primary amides is 1. The molecule has 1 unspecified atom stereocenters. The van der Waals surface area contributed by atoms with Crippen molar-refractivity contribution in [1.29, 1.82) is 0 Å². The lowest BCUT2D eigenvalue weighted by Crippen LogP contribution is -2.38. The first-order valence-corrected chi connectivity index (χ1v) is 5.76. The maximum absolute atomic E-state index is 12.0. The van der Waals surface area contributed by atoms with Gasteiger partial charge in [-0.25, -0.2) is 0 Å². The molecule has 2 amide bonds. The number of nitrogens with one attached hydrogen (secondary N) is 1. The average molecular weight is 308 g/mol. The van der Waals surface area contributed by atoms with Crippen LogP contribution in [0.25, 0.3) is 0 Å². The Morgan fingerprint density at radius 2 is 2.05 bits per heavy atom. The minimum atomic E-state index is -3.00. The highest BCUT2D eigenvalue weighted by atomic mass is 35.5. The van der Waals surface area contributed by atoms with Crippen LogP contribution in [-0.4, -0.2) is 24.5 Å². The Kier molecular flexibility index (Phi) is 5.66. The van der Waals surface area contributed by atoms with Crippen molar-refractivity contribution >= 4 is 29.1 Å². The van der Waals surface area contributed by atoms with Gasteiger partial charge in [0.05, 0.1) is 17.5 Å². The smallest absolute Gasteiger partial charge is 0.387 e. The van der Waals surface area contributed by atoms with E-state index in [1.807, 2.05) is 0 Å². The number of amides is 2. The van der Waals surface area contributed by atoms with Crippen molar-refractivity contribution in [2.24, 2.45) is 11.5 Å². The molecule has 1 atom stereocenters. The van der Waals surface area contributed by atoms with Crippen LogP contribution in [0.15, 0.2) is 18.2 Å². The zero-order valence-electron chi connectivity index (χ0n) is 10.1. The number of alkyl halides is 2. The van der Waals surface area contributed by atoms with Crippen LogP contribution in [0.5, 0.6) is 5.75 Å². The second kappa shape index (κ2) is 7.01. The van der Waals surface area contributed by atoms with Crippen molar-refractivity contribution in [3.05, 3.63) is 23.2 Å². The summed E-state index contributed by atoms with van der Waals surface area (Å²) in [4.78, 5) is 22.2. The molecule has 0 aliphatic carbocycles. The minimum Gasteiger partial charge on any atom is -0.433 e. The normalized spacial score (nSPS) is 12.1. The summed E-state index contributed by atoms with van der Waals surface area (Å²) in [5.74, 6) is -1.59. The van der Waals surface area contributed by atoms with E-state index in [9.17, 15) is 18.4 Å². The van der Waals surface area contributed by atoms with E-state index in [2.05, 4.69) is 10.1 Å². The van der Waals surface area contributed by atoms with Gasteiger partial charge in [0.2, 0.25) is 11.8 Å². The summed E-state index contributed by atoms with van der Waals surface area (Å²) in [6, 6.07) is 2.58. The number of anilines is 1. The second-order valence-electron chi connectivity index (χ2n) is 3.79. The molecule has 0 spiro atoms. The molecule has 0 radical (unpaired) electrons. The molecule has 20 heavy (non-hydrogen) atoms. The van der Waals surface area contributed by atoms with Crippen LogP contribution in [0.4, 0.5) is 14.5 Å². The molecule has 6 nitrogen and oxygen atoms in total. The summed E-state index contributed by atoms with van der Waals surface area (Å²) in [6.07, 6.45) is -0.313. The largest absolute Gasteiger partial charge is 0.433 e. The molecule has 0 heterocycles. The lowest BCUT2D eigenvalue weighted by Gasteiger charge is -2.12. The lowest BCUT2D eigenvalue weighted by molar-refractivity contribution is -0.123. The summed E-state index contributed by atoms with van der Waals surface area (Å²) >= 11 is 5.71. The Balaban J connectivity index is 2.71. The molecular weight excluding hydrogens is 296 g/mol. The minimum absolute atomic E-state index is 0.105. The Morgan fingerprint density at radius 3 is 2.55 bits per heavy atom. The van der Waals surface area contributed by atoms with Gasteiger partial charge < -0.3 is 21.5 Å². The third-order valence-electron chi connectivity index (χ3n) is 2.17. The first-order valence-electron chi connectivity index (χ1n) is 5.38. The fraction of sp³-hybridized carbons (Fsp3) is 0.273. The summed E-state index contributed by atoms with van der Waals surface area (Å²) in [7, 11) is 0. The molecule has 1 aromatic rings. The molecule has 0 saturated heterocycles. The fourth-order valence-electron chi connectivity index (χ4n) is 1.31. The molecule has 0 aliphatic rings. The van der Waals surface area contributed by atoms with Gasteiger partial charge in [-0.15, -0.1) is 0 Å². The number of ether oxygens (including phenoxy) is 1. The number of hydrogen-bond donors (Lipinski definition) is 3. The first kappa shape index (κ1) is 16.1. The molecule has 0 aliphatic heterocycles. The molecule has 1 rings (SSSR count). The zero-order chi connectivity index (χ0) is 15.3. The highest BCUT2D eigenvalue weighted by Crippen LogP contribution is 2.28. The first-order chi connectivity index (χ1) is 9.29. The van der Waals surface area contributed by atoms with Crippen molar-refractivity contribution in [1.82, 2.24) is 0 Å². The van der Waals surface area contributed by atoms with Crippen molar-refractivity contribution in [3.8, 4) is 5.75 Å². The topological polar surface area (TPSA) is 107 Å². The molecule has 1 aromatic carbocycles. The number of benzene rings is 1. The number of hydrogen-bond acceptors (Lipinski definition) is 4. The van der Waals surface area contributed by atoms with Crippen LogP contribution in [-0.2, 0) is 9.59 Å². The predicted octanol–water partition coefficient (Wildman–Crippen LogP) is 1.08. The molecule has 0 saturated carbocycles. The van der Waals surface area contributed by atoms with Crippen LogP contribution >= 0.6 is 11.6 Å². The van der Waals surface area contributed by atoms with Gasteiger partial charge in [0.1, 0.15) is 5.75 Å². The van der Waals surface area contributed by atoms with Crippen LogP contribution in [0.3, 0.4) is 0 Å². The van der Waals surface area contributed by atoms with Crippen LogP contribution < -0.4 is 21.5 Å². The number of halogens is 3. The predicted molar refractivity (Wildman–Crippen MR) is 68.5 cm³/mol. The average Bonchev–Trinajstić information content (AvgIpc) is 2.31. The highest BCUT2D eigenvalue weighted by molar-refractivity contribution is 6.32. The van der Waals surface area contributed by atoms with Crippen molar-refractivity contribution < 1.29 is 23.1 Å². The van der Waals surface area contributed by atoms with Gasteiger partial charge >= 0.3 is 6.61 Å². The van der Waals surface area contributed by atoms with Crippen molar-refractivity contribution in [2.45, 2.75) is 19.1 Å². The molecule has 0 aromatic heterocycles. The van der Waals surface area contributed by atoms with E-state index in [0.29, 0.717) is 0 Å². The summed E-state index contributed by atoms with van der Waals surface area (Å²) < 4.78 is 28.2. The van der Waals surface area contributed by atoms with Gasteiger partial charge in [-0.2, -0.15) is 8.78 Å². The molecular formula is C11H12ClF2N3O3. The highest BCUT2D eigenvalue weighted by Gasteiger charge is 2.17. The van der Waals surface area contributed by atoms with Crippen LogP contribution in [0.1, 0.15) is 6.42 Å². The Labute approximate surface area is 118 Å². The summed E-state index contributed by atoms with van der Waals surface area (Å²) in [5, 5.41) is 2.26. The van der Waals surface area contributed by atoms with E-state index in [1.54, 1.807) is 0 Å². The molecule has 9 heteroatoms. The number of carbonyl (C=O) groups is 2. The van der Waals surface area contributed by atoms with E-state index in [-0.39, 0.29) is 22.9 Å². The SMILES string of the molecule is NC(=O)CC(N)C(=O)Nc1ccc(OC(F)F)c(Cl)c1. The lowest BCUT2D eigenvalue weighted by atomic mass is 10.2. The van der Waals surface area contributed by atoms with Crippen LogP contribution in [0, 0.1) is 0 Å². The maximum Gasteiger partial charge on any atom is 0.387 e. The Hall–Kier alpha value is -1.93. The standard InChI is InChI=1S/C11H12ClF2N3O3/c12-6-3-5(1-2-8(6)20-11(13)14)17-10(19)7(15)4-9(16)18/h1-3,7,11H,4,15H2,(H2,16,18)(H,17,19). The third kappa shape index (κ3) is 4.98. The zero-order valence-corrected chi connectivity index (χ0v) is 10.9. The van der Waals surface area contributed by atoms with Crippen molar-refractivity contribution in [2.75, 3.05) is 5.32 Å². The molecule has 5 N–H and O–H groups in total. The van der Waals surface area contributed by atoms with Gasteiger partial charge in [-0.1, -0.05) is 11.6 Å². The van der Waals surface area contributed by atoms with Gasteiger partial charge in [0.25, 0.3) is 0 Å². The molecule has 110 valence electrons. The number of rotatable bonds is 6. The molecule has 0 bridgehead atoms.